The third kappa shape index (κ3) is 3.80. The van der Waals surface area contributed by atoms with Gasteiger partial charge in [0.25, 0.3) is 5.91 Å². The Hall–Kier alpha value is -1.36. The highest BCUT2D eigenvalue weighted by Gasteiger charge is 2.14. The van der Waals surface area contributed by atoms with Crippen molar-refractivity contribution in [2.45, 2.75) is 34.1 Å². The lowest BCUT2D eigenvalue weighted by atomic mass is 10.1. The van der Waals surface area contributed by atoms with E-state index in [0.717, 1.165) is 17.7 Å². The van der Waals surface area contributed by atoms with Crippen LogP contribution in [0, 0.1) is 6.92 Å². The van der Waals surface area contributed by atoms with Crippen molar-refractivity contribution in [1.82, 2.24) is 10.3 Å². The minimum absolute atomic E-state index is 0.154. The maximum Gasteiger partial charge on any atom is 0.257 e. The lowest BCUT2D eigenvalue weighted by Crippen LogP contribution is -2.23. The van der Waals surface area contributed by atoms with E-state index in [1.165, 1.54) is 0 Å². The van der Waals surface area contributed by atoms with Gasteiger partial charge in [-0.2, -0.15) is 0 Å². The first-order chi connectivity index (χ1) is 8.90. The molecule has 1 aromatic heterocycles. The summed E-state index contributed by atoms with van der Waals surface area (Å²) >= 11 is 3.34. The second kappa shape index (κ2) is 6.70. The van der Waals surface area contributed by atoms with Gasteiger partial charge in [0.2, 0.25) is 5.88 Å². The van der Waals surface area contributed by atoms with Gasteiger partial charge in [0, 0.05) is 5.70 Å². The van der Waals surface area contributed by atoms with Crippen LogP contribution in [0.4, 0.5) is 0 Å². The SMILES string of the molecule is CC/C(C)=C(\C)NC(=O)c1cc(Br)c(OC)nc1C. The van der Waals surface area contributed by atoms with Crippen LogP contribution in [0.5, 0.6) is 5.88 Å². The minimum Gasteiger partial charge on any atom is -0.480 e. The molecule has 104 valence electrons. The lowest BCUT2D eigenvalue weighted by molar-refractivity contribution is 0.0964. The van der Waals surface area contributed by atoms with E-state index in [9.17, 15) is 4.79 Å². The first-order valence-corrected chi connectivity index (χ1v) is 6.88. The summed E-state index contributed by atoms with van der Waals surface area (Å²) in [5.74, 6) is 0.324. The molecule has 0 spiro atoms. The van der Waals surface area contributed by atoms with E-state index in [1.54, 1.807) is 20.1 Å². The average Bonchev–Trinajstić information content (AvgIpc) is 2.39. The Labute approximate surface area is 122 Å². The molecule has 0 saturated carbocycles. The summed E-state index contributed by atoms with van der Waals surface area (Å²) in [4.78, 5) is 16.4. The van der Waals surface area contributed by atoms with Gasteiger partial charge in [0.1, 0.15) is 0 Å². The Balaban J connectivity index is 3.05. The number of amides is 1. The van der Waals surface area contributed by atoms with Crippen LogP contribution in [0.25, 0.3) is 0 Å². The van der Waals surface area contributed by atoms with Gasteiger partial charge in [-0.1, -0.05) is 12.5 Å². The van der Waals surface area contributed by atoms with E-state index in [-0.39, 0.29) is 5.91 Å². The maximum atomic E-state index is 12.2. The maximum absolute atomic E-state index is 12.2. The van der Waals surface area contributed by atoms with E-state index in [2.05, 4.69) is 33.2 Å². The van der Waals surface area contributed by atoms with Crippen LogP contribution in [0.3, 0.4) is 0 Å². The highest BCUT2D eigenvalue weighted by Crippen LogP contribution is 2.25. The molecule has 0 aliphatic heterocycles. The fraction of sp³-hybridized carbons (Fsp3) is 0.429. The smallest absolute Gasteiger partial charge is 0.257 e. The molecule has 0 atom stereocenters. The molecule has 19 heavy (non-hydrogen) atoms. The normalized spacial score (nSPS) is 11.9. The molecule has 0 bridgehead atoms. The molecule has 0 radical (unpaired) electrons. The first kappa shape index (κ1) is 15.7. The van der Waals surface area contributed by atoms with E-state index in [1.807, 2.05) is 13.8 Å². The summed E-state index contributed by atoms with van der Waals surface area (Å²) in [5.41, 5.74) is 3.22. The molecule has 1 heterocycles. The Morgan fingerprint density at radius 2 is 2.11 bits per heavy atom. The van der Waals surface area contributed by atoms with Gasteiger partial charge in [-0.25, -0.2) is 4.98 Å². The summed E-state index contributed by atoms with van der Waals surface area (Å²) in [6, 6.07) is 1.73. The number of allylic oxidation sites excluding steroid dienone is 2. The molecule has 5 heteroatoms. The molecule has 0 saturated heterocycles. The van der Waals surface area contributed by atoms with Crippen LogP contribution in [0.1, 0.15) is 43.2 Å². The number of ether oxygens (including phenoxy) is 1. The van der Waals surface area contributed by atoms with E-state index in [0.29, 0.717) is 21.6 Å². The molecular formula is C14H19BrN2O2. The van der Waals surface area contributed by atoms with Crippen LogP contribution < -0.4 is 10.1 Å². The Morgan fingerprint density at radius 1 is 1.47 bits per heavy atom. The number of carbonyl (C=O) groups is 1. The number of aryl methyl sites for hydroxylation is 1. The first-order valence-electron chi connectivity index (χ1n) is 6.09. The summed E-state index contributed by atoms with van der Waals surface area (Å²) in [5, 5.41) is 2.89. The van der Waals surface area contributed by atoms with Crippen LogP contribution in [0.2, 0.25) is 0 Å². The number of aromatic nitrogens is 1. The lowest BCUT2D eigenvalue weighted by Gasteiger charge is -2.11. The van der Waals surface area contributed by atoms with Gasteiger partial charge in [0.15, 0.2) is 0 Å². The molecule has 1 N–H and O–H groups in total. The van der Waals surface area contributed by atoms with Crippen molar-refractivity contribution < 1.29 is 9.53 Å². The quantitative estimate of drug-likeness (QED) is 0.919. The van der Waals surface area contributed by atoms with Gasteiger partial charge in [0.05, 0.1) is 22.8 Å². The standard InChI is InChI=1S/C14H19BrN2O2/c1-6-8(2)9(3)16-13(18)11-7-12(15)14(19-5)17-10(11)4/h7H,6H2,1-5H3,(H,16,18)/b9-8+. The molecule has 1 aromatic rings. The highest BCUT2D eigenvalue weighted by molar-refractivity contribution is 9.10. The van der Waals surface area contributed by atoms with Crippen molar-refractivity contribution in [1.29, 1.82) is 0 Å². The van der Waals surface area contributed by atoms with Crippen molar-refractivity contribution in [3.63, 3.8) is 0 Å². The van der Waals surface area contributed by atoms with E-state index in [4.69, 9.17) is 4.74 Å². The van der Waals surface area contributed by atoms with E-state index < -0.39 is 0 Å². The van der Waals surface area contributed by atoms with Gasteiger partial charge in [-0.15, -0.1) is 0 Å². The highest BCUT2D eigenvalue weighted by atomic mass is 79.9. The number of halogens is 1. The molecular weight excluding hydrogens is 308 g/mol. The average molecular weight is 327 g/mol. The van der Waals surface area contributed by atoms with Crippen LogP contribution in [0.15, 0.2) is 21.8 Å². The second-order valence-corrected chi connectivity index (χ2v) is 5.18. The Morgan fingerprint density at radius 3 is 2.63 bits per heavy atom. The zero-order valence-corrected chi connectivity index (χ0v) is 13.5. The van der Waals surface area contributed by atoms with Crippen molar-refractivity contribution in [2.24, 2.45) is 0 Å². The Bertz CT molecular complexity index is 524. The number of hydrogen-bond acceptors (Lipinski definition) is 3. The van der Waals surface area contributed by atoms with E-state index >= 15 is 0 Å². The zero-order valence-electron chi connectivity index (χ0n) is 11.9. The fourth-order valence-corrected chi connectivity index (χ4v) is 2.02. The number of pyridine rings is 1. The van der Waals surface area contributed by atoms with Gasteiger partial charge in [-0.05, 0) is 49.2 Å². The molecule has 0 aliphatic rings. The monoisotopic (exact) mass is 326 g/mol. The number of rotatable bonds is 4. The molecule has 1 rings (SSSR count). The molecule has 0 fully saturated rings. The summed E-state index contributed by atoms with van der Waals surface area (Å²) in [7, 11) is 1.55. The zero-order chi connectivity index (χ0) is 14.6. The van der Waals surface area contributed by atoms with Crippen LogP contribution in [-0.4, -0.2) is 18.0 Å². The molecule has 0 unspecified atom stereocenters. The van der Waals surface area contributed by atoms with Crippen molar-refractivity contribution in [3.8, 4) is 5.88 Å². The number of nitrogens with one attached hydrogen (secondary N) is 1. The minimum atomic E-state index is -0.154. The topological polar surface area (TPSA) is 51.2 Å². The fourth-order valence-electron chi connectivity index (χ4n) is 1.54. The predicted octanol–water partition coefficient (Wildman–Crippen LogP) is 3.59. The molecule has 0 aromatic carbocycles. The molecule has 0 aliphatic carbocycles. The van der Waals surface area contributed by atoms with Gasteiger partial charge in [-0.3, -0.25) is 4.79 Å². The molecule has 1 amide bonds. The summed E-state index contributed by atoms with van der Waals surface area (Å²) < 4.78 is 5.76. The number of carbonyl (C=O) groups excluding carboxylic acids is 1. The third-order valence-electron chi connectivity index (χ3n) is 3.04. The van der Waals surface area contributed by atoms with Crippen LogP contribution in [-0.2, 0) is 0 Å². The second-order valence-electron chi connectivity index (χ2n) is 4.33. The number of methoxy groups -OCH3 is 1. The number of nitrogens with zero attached hydrogens (tertiary/aromatic N) is 1. The van der Waals surface area contributed by atoms with Crippen LogP contribution >= 0.6 is 15.9 Å². The number of hydrogen-bond donors (Lipinski definition) is 1. The molecule has 4 nitrogen and oxygen atoms in total. The van der Waals surface area contributed by atoms with Crippen molar-refractivity contribution in [2.75, 3.05) is 7.11 Å². The summed E-state index contributed by atoms with van der Waals surface area (Å²) in [6.45, 7) is 7.75. The third-order valence-corrected chi connectivity index (χ3v) is 3.61. The Kier molecular flexibility index (Phi) is 5.54. The van der Waals surface area contributed by atoms with Crippen molar-refractivity contribution in [3.05, 3.63) is 33.1 Å². The van der Waals surface area contributed by atoms with Gasteiger partial charge >= 0.3 is 0 Å². The summed E-state index contributed by atoms with van der Waals surface area (Å²) in [6.07, 6.45) is 0.912. The van der Waals surface area contributed by atoms with Gasteiger partial charge < -0.3 is 10.1 Å². The largest absolute Gasteiger partial charge is 0.480 e. The predicted molar refractivity (Wildman–Crippen MR) is 79.4 cm³/mol. The van der Waals surface area contributed by atoms with Crippen molar-refractivity contribution >= 4 is 21.8 Å².